The summed E-state index contributed by atoms with van der Waals surface area (Å²) in [5.74, 6) is -0.201. The van der Waals surface area contributed by atoms with Crippen molar-refractivity contribution in [3.63, 3.8) is 0 Å². The first-order chi connectivity index (χ1) is 3.42. The molecule has 0 aliphatic carbocycles. The van der Waals surface area contributed by atoms with Crippen molar-refractivity contribution in [2.45, 2.75) is 0 Å². The molecule has 0 aromatic carbocycles. The zero-order valence-corrected chi connectivity index (χ0v) is 6.50. The Labute approximate surface area is 56.7 Å². The lowest BCUT2D eigenvalue weighted by molar-refractivity contribution is 0.600. The second kappa shape index (κ2) is 2.61. The van der Waals surface area contributed by atoms with Gasteiger partial charge in [-0.05, 0) is 0 Å². The van der Waals surface area contributed by atoms with Crippen molar-refractivity contribution in [2.75, 3.05) is 5.75 Å². The minimum absolute atomic E-state index is 0.201. The molecular formula is C3H6BrNO2S. The Morgan fingerprint density at radius 1 is 1.75 bits per heavy atom. The van der Waals surface area contributed by atoms with Crippen molar-refractivity contribution in [1.82, 2.24) is 0 Å². The van der Waals surface area contributed by atoms with Crippen LogP contribution < -0.4 is 5.14 Å². The summed E-state index contributed by atoms with van der Waals surface area (Å²) in [4.78, 5) is 0. The second-order valence-corrected chi connectivity index (χ2v) is 4.06. The number of hydrogen-bond donors (Lipinski definition) is 1. The highest BCUT2D eigenvalue weighted by atomic mass is 79.9. The molecular weight excluding hydrogens is 194 g/mol. The van der Waals surface area contributed by atoms with Gasteiger partial charge >= 0.3 is 0 Å². The maximum absolute atomic E-state index is 10.1. The van der Waals surface area contributed by atoms with Crippen LogP contribution in [-0.4, -0.2) is 14.2 Å². The van der Waals surface area contributed by atoms with Gasteiger partial charge in [-0.15, -0.1) is 0 Å². The molecule has 0 aromatic rings. The lowest BCUT2D eigenvalue weighted by atomic mass is 10.8. The highest BCUT2D eigenvalue weighted by molar-refractivity contribution is 9.11. The van der Waals surface area contributed by atoms with Crippen molar-refractivity contribution >= 4 is 26.0 Å². The Kier molecular flexibility index (Phi) is 2.65. The fraction of sp³-hybridized carbons (Fsp3) is 0.333. The van der Waals surface area contributed by atoms with E-state index in [1.165, 1.54) is 0 Å². The van der Waals surface area contributed by atoms with E-state index in [1.54, 1.807) is 0 Å². The van der Waals surface area contributed by atoms with Crippen LogP contribution >= 0.6 is 15.9 Å². The first-order valence-corrected chi connectivity index (χ1v) is 4.26. The van der Waals surface area contributed by atoms with Crippen LogP contribution in [0.3, 0.4) is 0 Å². The van der Waals surface area contributed by atoms with Gasteiger partial charge in [-0.3, -0.25) is 0 Å². The molecule has 0 bridgehead atoms. The Hall–Kier alpha value is 0.130. The summed E-state index contributed by atoms with van der Waals surface area (Å²) in [6.45, 7) is 3.30. The number of halogens is 1. The molecule has 0 aromatic heterocycles. The molecule has 2 N–H and O–H groups in total. The van der Waals surface area contributed by atoms with Crippen molar-refractivity contribution < 1.29 is 8.42 Å². The molecule has 0 spiro atoms. The summed E-state index contributed by atoms with van der Waals surface area (Å²) in [6, 6.07) is 0. The minimum Gasteiger partial charge on any atom is -0.228 e. The van der Waals surface area contributed by atoms with Crippen molar-refractivity contribution in [3.8, 4) is 0 Å². The molecule has 0 heterocycles. The lowest BCUT2D eigenvalue weighted by Gasteiger charge is -1.90. The quantitative estimate of drug-likeness (QED) is 0.691. The molecule has 0 aliphatic heterocycles. The van der Waals surface area contributed by atoms with Gasteiger partial charge in [-0.25, -0.2) is 13.6 Å². The first kappa shape index (κ1) is 8.13. The van der Waals surface area contributed by atoms with Crippen molar-refractivity contribution in [2.24, 2.45) is 5.14 Å². The van der Waals surface area contributed by atoms with Crippen LogP contribution in [-0.2, 0) is 10.0 Å². The predicted molar refractivity (Wildman–Crippen MR) is 36.0 cm³/mol. The SMILES string of the molecule is C=C(Br)CS(N)(=O)=O. The van der Waals surface area contributed by atoms with Gasteiger partial charge in [0.1, 0.15) is 0 Å². The summed E-state index contributed by atoms with van der Waals surface area (Å²) in [6.07, 6.45) is 0. The molecule has 0 aliphatic rings. The fourth-order valence-electron chi connectivity index (χ4n) is 0.218. The number of sulfonamides is 1. The lowest BCUT2D eigenvalue weighted by Crippen LogP contribution is -2.15. The molecule has 0 rings (SSSR count). The Morgan fingerprint density at radius 3 is 2.12 bits per heavy atom. The van der Waals surface area contributed by atoms with Crippen LogP contribution in [0.5, 0.6) is 0 Å². The van der Waals surface area contributed by atoms with E-state index in [0.29, 0.717) is 4.48 Å². The van der Waals surface area contributed by atoms with Crippen LogP contribution in [0.4, 0.5) is 0 Å². The number of hydrogen-bond acceptors (Lipinski definition) is 2. The number of rotatable bonds is 2. The van der Waals surface area contributed by atoms with E-state index in [0.717, 1.165) is 0 Å². The van der Waals surface area contributed by atoms with Crippen molar-refractivity contribution in [3.05, 3.63) is 11.1 Å². The highest BCUT2D eigenvalue weighted by Crippen LogP contribution is 2.01. The summed E-state index contributed by atoms with van der Waals surface area (Å²) in [5, 5.41) is 4.62. The Bertz CT molecular complexity index is 183. The molecule has 0 radical (unpaired) electrons. The van der Waals surface area contributed by atoms with Gasteiger partial charge in [0, 0.05) is 4.48 Å². The molecule has 0 fully saturated rings. The third-order valence-electron chi connectivity index (χ3n) is 0.358. The van der Waals surface area contributed by atoms with E-state index in [-0.39, 0.29) is 5.75 Å². The minimum atomic E-state index is -3.37. The second-order valence-electron chi connectivity index (χ2n) is 1.32. The highest BCUT2D eigenvalue weighted by Gasteiger charge is 2.01. The van der Waals surface area contributed by atoms with Crippen LogP contribution in [0, 0.1) is 0 Å². The fourth-order valence-corrected chi connectivity index (χ4v) is 1.61. The van der Waals surface area contributed by atoms with Crippen LogP contribution in [0.2, 0.25) is 0 Å². The molecule has 0 amide bonds. The van der Waals surface area contributed by atoms with Crippen LogP contribution in [0.25, 0.3) is 0 Å². The van der Waals surface area contributed by atoms with Gasteiger partial charge in [0.05, 0.1) is 5.75 Å². The summed E-state index contributed by atoms with van der Waals surface area (Å²) in [5.41, 5.74) is 0. The molecule has 0 saturated carbocycles. The summed E-state index contributed by atoms with van der Waals surface area (Å²) < 4.78 is 20.6. The first-order valence-electron chi connectivity index (χ1n) is 1.75. The van der Waals surface area contributed by atoms with Gasteiger partial charge in [-0.2, -0.15) is 0 Å². The van der Waals surface area contributed by atoms with Crippen molar-refractivity contribution in [1.29, 1.82) is 0 Å². The molecule has 0 saturated heterocycles. The molecule has 48 valence electrons. The van der Waals surface area contributed by atoms with E-state index < -0.39 is 10.0 Å². The molecule has 5 heteroatoms. The topological polar surface area (TPSA) is 60.2 Å². The van der Waals surface area contributed by atoms with E-state index in [4.69, 9.17) is 0 Å². The summed E-state index contributed by atoms with van der Waals surface area (Å²) >= 11 is 2.86. The molecule has 3 nitrogen and oxygen atoms in total. The standard InChI is InChI=1S/C3H6BrNO2S/c1-3(4)2-8(5,6)7/h1-2H2,(H2,5,6,7). The van der Waals surface area contributed by atoms with Gasteiger partial charge < -0.3 is 0 Å². The molecule has 8 heavy (non-hydrogen) atoms. The third kappa shape index (κ3) is 6.13. The van der Waals surface area contributed by atoms with E-state index >= 15 is 0 Å². The smallest absolute Gasteiger partial charge is 0.213 e. The van der Waals surface area contributed by atoms with Crippen LogP contribution in [0.15, 0.2) is 11.1 Å². The van der Waals surface area contributed by atoms with E-state index in [9.17, 15) is 8.42 Å². The largest absolute Gasteiger partial charge is 0.228 e. The number of nitrogens with two attached hydrogens (primary N) is 1. The number of primary sulfonamides is 1. The van der Waals surface area contributed by atoms with Gasteiger partial charge in [-0.1, -0.05) is 22.5 Å². The van der Waals surface area contributed by atoms with Gasteiger partial charge in [0.2, 0.25) is 10.0 Å². The maximum atomic E-state index is 10.1. The van der Waals surface area contributed by atoms with Crippen LogP contribution in [0.1, 0.15) is 0 Å². The average molecular weight is 200 g/mol. The molecule has 0 atom stereocenters. The third-order valence-corrected chi connectivity index (χ3v) is 1.76. The zero-order chi connectivity index (χ0) is 6.78. The predicted octanol–water partition coefficient (Wildman–Crippen LogP) is 0.184. The average Bonchev–Trinajstić information content (AvgIpc) is 1.21. The Balaban J connectivity index is 3.95. The monoisotopic (exact) mass is 199 g/mol. The van der Waals surface area contributed by atoms with Gasteiger partial charge in [0.25, 0.3) is 0 Å². The normalized spacial score (nSPS) is 11.2. The maximum Gasteiger partial charge on any atom is 0.213 e. The summed E-state index contributed by atoms with van der Waals surface area (Å²) in [7, 11) is -3.37. The van der Waals surface area contributed by atoms with E-state index in [1.807, 2.05) is 0 Å². The van der Waals surface area contributed by atoms with E-state index in [2.05, 4.69) is 27.6 Å². The molecule has 0 unspecified atom stereocenters. The Morgan fingerprint density at radius 2 is 2.12 bits per heavy atom. The zero-order valence-electron chi connectivity index (χ0n) is 4.09. The van der Waals surface area contributed by atoms with Gasteiger partial charge in [0.15, 0.2) is 0 Å².